The summed E-state index contributed by atoms with van der Waals surface area (Å²) in [4.78, 5) is 23.8. The fourth-order valence-corrected chi connectivity index (χ4v) is 2.28. The molecular formula is C19H21N3O5. The molecule has 0 heterocycles. The Kier molecular flexibility index (Phi) is 7.18. The van der Waals surface area contributed by atoms with Crippen LogP contribution in [0.1, 0.15) is 12.0 Å². The van der Waals surface area contributed by atoms with E-state index in [1.165, 1.54) is 27.5 Å². The van der Waals surface area contributed by atoms with Crippen LogP contribution in [-0.4, -0.2) is 39.4 Å². The lowest BCUT2D eigenvalue weighted by atomic mass is 10.2. The van der Waals surface area contributed by atoms with Gasteiger partial charge in [0.15, 0.2) is 11.5 Å². The van der Waals surface area contributed by atoms with E-state index < -0.39 is 11.8 Å². The van der Waals surface area contributed by atoms with E-state index in [9.17, 15) is 9.59 Å². The van der Waals surface area contributed by atoms with Crippen molar-refractivity contribution in [2.45, 2.75) is 6.42 Å². The molecule has 0 saturated heterocycles. The van der Waals surface area contributed by atoms with E-state index in [0.29, 0.717) is 28.5 Å². The molecule has 0 radical (unpaired) electrons. The Labute approximate surface area is 157 Å². The fraction of sp³-hybridized carbons (Fsp3) is 0.211. The van der Waals surface area contributed by atoms with Crippen LogP contribution < -0.4 is 25.0 Å². The average molecular weight is 371 g/mol. The third-order valence-electron chi connectivity index (χ3n) is 3.50. The third kappa shape index (κ3) is 5.74. The third-order valence-corrected chi connectivity index (χ3v) is 3.50. The number of nitrogens with zero attached hydrogens (tertiary/aromatic N) is 1. The molecule has 0 aliphatic rings. The summed E-state index contributed by atoms with van der Waals surface area (Å²) in [5.74, 6) is 0.636. The summed E-state index contributed by atoms with van der Waals surface area (Å²) in [6, 6.07) is 12.1. The lowest BCUT2D eigenvalue weighted by Crippen LogP contribution is -2.24. The molecule has 0 atom stereocenters. The van der Waals surface area contributed by atoms with Crippen molar-refractivity contribution >= 4 is 23.7 Å². The second kappa shape index (κ2) is 9.81. The first-order valence-corrected chi connectivity index (χ1v) is 8.04. The van der Waals surface area contributed by atoms with Crippen molar-refractivity contribution in [2.24, 2.45) is 5.10 Å². The van der Waals surface area contributed by atoms with Crippen molar-refractivity contribution in [2.75, 3.05) is 26.6 Å². The number of anilines is 1. The summed E-state index contributed by atoms with van der Waals surface area (Å²) in [6.45, 7) is 0. The highest BCUT2D eigenvalue weighted by molar-refractivity contribution is 6.03. The average Bonchev–Trinajstić information content (AvgIpc) is 2.67. The number of hydrazone groups is 1. The molecule has 0 fully saturated rings. The van der Waals surface area contributed by atoms with Gasteiger partial charge in [0.25, 0.3) is 0 Å². The van der Waals surface area contributed by atoms with E-state index in [-0.39, 0.29) is 6.42 Å². The zero-order chi connectivity index (χ0) is 19.6. The molecule has 0 saturated carbocycles. The molecule has 0 aromatic heterocycles. The molecule has 2 aromatic rings. The number of benzene rings is 2. The van der Waals surface area contributed by atoms with Crippen LogP contribution in [0.2, 0.25) is 0 Å². The maximum Gasteiger partial charge on any atom is 0.249 e. The summed E-state index contributed by atoms with van der Waals surface area (Å²) < 4.78 is 15.5. The van der Waals surface area contributed by atoms with Gasteiger partial charge in [0.2, 0.25) is 11.8 Å². The second-order valence-electron chi connectivity index (χ2n) is 5.33. The van der Waals surface area contributed by atoms with Crippen LogP contribution in [0.3, 0.4) is 0 Å². The topological polar surface area (TPSA) is 98.2 Å². The van der Waals surface area contributed by atoms with Crippen LogP contribution >= 0.6 is 0 Å². The number of hydrogen-bond acceptors (Lipinski definition) is 6. The second-order valence-corrected chi connectivity index (χ2v) is 5.33. The minimum Gasteiger partial charge on any atom is -0.497 e. The van der Waals surface area contributed by atoms with E-state index >= 15 is 0 Å². The van der Waals surface area contributed by atoms with Gasteiger partial charge in [-0.1, -0.05) is 12.1 Å². The van der Waals surface area contributed by atoms with Gasteiger partial charge in [-0.3, -0.25) is 9.59 Å². The van der Waals surface area contributed by atoms with Gasteiger partial charge in [0, 0.05) is 17.3 Å². The number of methoxy groups -OCH3 is 3. The number of ether oxygens (including phenoxy) is 3. The van der Waals surface area contributed by atoms with Crippen molar-refractivity contribution in [1.82, 2.24) is 5.43 Å². The predicted molar refractivity (Wildman–Crippen MR) is 102 cm³/mol. The minimum absolute atomic E-state index is 0.371. The number of hydrogen-bond donors (Lipinski definition) is 2. The quantitative estimate of drug-likeness (QED) is 0.421. The smallest absolute Gasteiger partial charge is 0.249 e. The molecule has 142 valence electrons. The SMILES string of the molecule is COc1cccc(NC(=O)CC(=O)NN=Cc2cccc(OC)c2OC)c1. The van der Waals surface area contributed by atoms with Gasteiger partial charge >= 0.3 is 0 Å². The molecule has 2 amide bonds. The van der Waals surface area contributed by atoms with Gasteiger partial charge in [-0.25, -0.2) is 5.43 Å². The Morgan fingerprint density at radius 1 is 1.00 bits per heavy atom. The number of para-hydroxylation sites is 1. The largest absolute Gasteiger partial charge is 0.497 e. The monoisotopic (exact) mass is 371 g/mol. The highest BCUT2D eigenvalue weighted by atomic mass is 16.5. The number of amides is 2. The summed E-state index contributed by atoms with van der Waals surface area (Å²) in [5.41, 5.74) is 3.47. The summed E-state index contributed by atoms with van der Waals surface area (Å²) >= 11 is 0. The zero-order valence-electron chi connectivity index (χ0n) is 15.3. The summed E-state index contributed by atoms with van der Waals surface area (Å²) in [5, 5.41) is 6.47. The maximum atomic E-state index is 11.9. The van der Waals surface area contributed by atoms with E-state index in [4.69, 9.17) is 14.2 Å². The molecule has 0 unspecified atom stereocenters. The van der Waals surface area contributed by atoms with Crippen LogP contribution in [0.25, 0.3) is 0 Å². The molecule has 8 nitrogen and oxygen atoms in total. The lowest BCUT2D eigenvalue weighted by molar-refractivity contribution is -0.126. The molecule has 2 aromatic carbocycles. The van der Waals surface area contributed by atoms with E-state index in [1.54, 1.807) is 42.5 Å². The van der Waals surface area contributed by atoms with Crippen molar-refractivity contribution in [1.29, 1.82) is 0 Å². The van der Waals surface area contributed by atoms with Crippen molar-refractivity contribution < 1.29 is 23.8 Å². The van der Waals surface area contributed by atoms with E-state index in [1.807, 2.05) is 0 Å². The molecule has 2 N–H and O–H groups in total. The number of rotatable bonds is 8. The van der Waals surface area contributed by atoms with Crippen LogP contribution in [0.15, 0.2) is 47.6 Å². The van der Waals surface area contributed by atoms with E-state index in [2.05, 4.69) is 15.8 Å². The Morgan fingerprint density at radius 2 is 1.78 bits per heavy atom. The predicted octanol–water partition coefficient (Wildman–Crippen LogP) is 2.19. The summed E-state index contributed by atoms with van der Waals surface area (Å²) in [6.07, 6.45) is 1.04. The van der Waals surface area contributed by atoms with Crippen molar-refractivity contribution in [3.8, 4) is 17.2 Å². The minimum atomic E-state index is -0.548. The molecule has 0 bridgehead atoms. The Hall–Kier alpha value is -3.55. The molecule has 2 rings (SSSR count). The van der Waals surface area contributed by atoms with Crippen LogP contribution in [0.5, 0.6) is 17.2 Å². The maximum absolute atomic E-state index is 11.9. The fourth-order valence-electron chi connectivity index (χ4n) is 2.28. The highest BCUT2D eigenvalue weighted by Gasteiger charge is 2.10. The summed E-state index contributed by atoms with van der Waals surface area (Å²) in [7, 11) is 4.57. The molecule has 0 aliphatic heterocycles. The van der Waals surface area contributed by atoms with Gasteiger partial charge in [-0.15, -0.1) is 0 Å². The molecule has 27 heavy (non-hydrogen) atoms. The highest BCUT2D eigenvalue weighted by Crippen LogP contribution is 2.29. The van der Waals surface area contributed by atoms with Crippen molar-refractivity contribution in [3.63, 3.8) is 0 Å². The number of nitrogens with one attached hydrogen (secondary N) is 2. The normalized spacial score (nSPS) is 10.3. The molecule has 0 aliphatic carbocycles. The van der Waals surface area contributed by atoms with Crippen LogP contribution in [-0.2, 0) is 9.59 Å². The van der Waals surface area contributed by atoms with Crippen LogP contribution in [0.4, 0.5) is 5.69 Å². The van der Waals surface area contributed by atoms with Gasteiger partial charge in [-0.2, -0.15) is 5.10 Å². The first kappa shape index (κ1) is 19.8. The van der Waals surface area contributed by atoms with Gasteiger partial charge in [-0.05, 0) is 24.3 Å². The first-order valence-electron chi connectivity index (χ1n) is 8.04. The first-order chi connectivity index (χ1) is 13.1. The van der Waals surface area contributed by atoms with Crippen LogP contribution in [0, 0.1) is 0 Å². The van der Waals surface area contributed by atoms with Gasteiger partial charge in [0.1, 0.15) is 12.2 Å². The molecule has 8 heteroatoms. The Morgan fingerprint density at radius 3 is 2.48 bits per heavy atom. The van der Waals surface area contributed by atoms with Crippen molar-refractivity contribution in [3.05, 3.63) is 48.0 Å². The Balaban J connectivity index is 1.90. The number of carbonyl (C=O) groups is 2. The number of carbonyl (C=O) groups excluding carboxylic acids is 2. The lowest BCUT2D eigenvalue weighted by Gasteiger charge is -2.09. The van der Waals surface area contributed by atoms with E-state index in [0.717, 1.165) is 0 Å². The van der Waals surface area contributed by atoms with Gasteiger partial charge in [0.05, 0.1) is 27.5 Å². The molecule has 0 spiro atoms. The zero-order valence-corrected chi connectivity index (χ0v) is 15.3. The van der Waals surface area contributed by atoms with Gasteiger partial charge < -0.3 is 19.5 Å². The standard InChI is InChI=1S/C19H21N3O5/c1-25-15-8-5-7-14(10-15)21-17(23)11-18(24)22-20-12-13-6-4-9-16(26-2)19(13)27-3/h4-10,12H,11H2,1-3H3,(H,21,23)(H,22,24). The Bertz CT molecular complexity index is 836. The molecular weight excluding hydrogens is 350 g/mol.